The van der Waals surface area contributed by atoms with Gasteiger partial charge in [-0.25, -0.2) is 13.4 Å². The van der Waals surface area contributed by atoms with Crippen LogP contribution >= 0.6 is 23.2 Å². The molecule has 0 saturated carbocycles. The summed E-state index contributed by atoms with van der Waals surface area (Å²) in [6.45, 7) is 1.75. The highest BCUT2D eigenvalue weighted by Gasteiger charge is 2.16. The maximum absolute atomic E-state index is 12.5. The lowest BCUT2D eigenvalue weighted by Crippen LogP contribution is -2.15. The second-order valence-electron chi connectivity index (χ2n) is 6.56. The molecule has 0 aliphatic heterocycles. The highest BCUT2D eigenvalue weighted by Crippen LogP contribution is 2.34. The molecule has 2 N–H and O–H groups in total. The van der Waals surface area contributed by atoms with E-state index in [9.17, 15) is 18.0 Å². The molecule has 0 spiro atoms. The molecule has 0 bridgehead atoms. The molecule has 11 heteroatoms. The zero-order valence-electron chi connectivity index (χ0n) is 16.3. The molecule has 1 aromatic heterocycles. The van der Waals surface area contributed by atoms with Crippen LogP contribution in [0.5, 0.6) is 0 Å². The Morgan fingerprint density at radius 1 is 0.903 bits per heavy atom. The summed E-state index contributed by atoms with van der Waals surface area (Å²) < 4.78 is 23.1. The van der Waals surface area contributed by atoms with Gasteiger partial charge in [-0.3, -0.25) is 14.6 Å². The lowest BCUT2D eigenvalue weighted by molar-refractivity contribution is 0.101. The minimum Gasteiger partial charge on any atom is -0.320 e. The summed E-state index contributed by atoms with van der Waals surface area (Å²) in [5, 5.41) is 5.39. The number of carbonyl (C=O) groups excluding carboxylic acids is 2. The monoisotopic (exact) mass is 478 g/mol. The highest BCUT2D eigenvalue weighted by atomic mass is 35.5. The van der Waals surface area contributed by atoms with Crippen molar-refractivity contribution in [3.63, 3.8) is 0 Å². The van der Waals surface area contributed by atoms with E-state index < -0.39 is 21.7 Å². The van der Waals surface area contributed by atoms with Gasteiger partial charge in [0.25, 0.3) is 11.8 Å². The molecule has 31 heavy (non-hydrogen) atoms. The van der Waals surface area contributed by atoms with Gasteiger partial charge < -0.3 is 10.6 Å². The molecule has 2 amide bonds. The normalized spacial score (nSPS) is 11.1. The number of nitrogens with one attached hydrogen (secondary N) is 2. The van der Waals surface area contributed by atoms with Crippen LogP contribution in [0.3, 0.4) is 0 Å². The summed E-state index contributed by atoms with van der Waals surface area (Å²) in [7, 11) is -3.37. The molecule has 0 aliphatic carbocycles. The van der Waals surface area contributed by atoms with Gasteiger partial charge in [0.15, 0.2) is 9.84 Å². The minimum absolute atomic E-state index is 0.0958. The predicted molar refractivity (Wildman–Crippen MR) is 119 cm³/mol. The van der Waals surface area contributed by atoms with E-state index in [0.29, 0.717) is 11.4 Å². The first kappa shape index (κ1) is 22.7. The average molecular weight is 479 g/mol. The number of aryl methyl sites for hydroxylation is 1. The number of hydrogen-bond donors (Lipinski definition) is 2. The molecular weight excluding hydrogens is 463 g/mol. The summed E-state index contributed by atoms with van der Waals surface area (Å²) >= 11 is 12.5. The van der Waals surface area contributed by atoms with E-state index >= 15 is 0 Å². The summed E-state index contributed by atoms with van der Waals surface area (Å²) in [5.41, 5.74) is 1.46. The number of sulfone groups is 1. The second kappa shape index (κ2) is 9.01. The van der Waals surface area contributed by atoms with Gasteiger partial charge in [-0.15, -0.1) is 0 Å². The molecule has 3 rings (SSSR count). The fraction of sp³-hybridized carbons (Fsp3) is 0.100. The van der Waals surface area contributed by atoms with Crippen LogP contribution in [0.15, 0.2) is 53.7 Å². The Morgan fingerprint density at radius 3 is 2.03 bits per heavy atom. The van der Waals surface area contributed by atoms with Crippen LogP contribution in [0, 0.1) is 6.92 Å². The van der Waals surface area contributed by atoms with Crippen molar-refractivity contribution in [2.75, 3.05) is 16.9 Å². The van der Waals surface area contributed by atoms with Crippen LogP contribution in [0.2, 0.25) is 10.0 Å². The third kappa shape index (κ3) is 5.57. The van der Waals surface area contributed by atoms with Crippen molar-refractivity contribution in [1.82, 2.24) is 9.97 Å². The standard InChI is InChI=1S/C20H16Cl2N4O4S/c1-11-9-24-17(10-23-11)20(28)25-13-7-15(21)18(16(22)8-13)26-19(27)12-3-5-14(6-4-12)31(2,29)30/h3-10H,1-2H3,(H,25,28)(H,26,27). The molecule has 2 aromatic carbocycles. The van der Waals surface area contributed by atoms with E-state index in [4.69, 9.17) is 23.2 Å². The van der Waals surface area contributed by atoms with Gasteiger partial charge in [-0.1, -0.05) is 23.2 Å². The van der Waals surface area contributed by atoms with Gasteiger partial charge in [0, 0.05) is 23.7 Å². The molecule has 3 aromatic rings. The number of anilines is 2. The van der Waals surface area contributed by atoms with Crippen LogP contribution in [0.1, 0.15) is 26.5 Å². The molecule has 0 atom stereocenters. The number of rotatable bonds is 5. The van der Waals surface area contributed by atoms with Gasteiger partial charge in [0.2, 0.25) is 0 Å². The van der Waals surface area contributed by atoms with Crippen LogP contribution < -0.4 is 10.6 Å². The van der Waals surface area contributed by atoms with Crippen molar-refractivity contribution in [1.29, 1.82) is 0 Å². The Hall–Kier alpha value is -3.01. The Balaban J connectivity index is 1.76. The van der Waals surface area contributed by atoms with Crippen molar-refractivity contribution in [3.8, 4) is 0 Å². The number of carbonyl (C=O) groups is 2. The molecule has 8 nitrogen and oxygen atoms in total. The number of aromatic nitrogens is 2. The number of hydrogen-bond acceptors (Lipinski definition) is 6. The van der Waals surface area contributed by atoms with Crippen LogP contribution in [-0.4, -0.2) is 36.5 Å². The van der Waals surface area contributed by atoms with Gasteiger partial charge in [-0.05, 0) is 43.3 Å². The predicted octanol–water partition coefficient (Wildman–Crippen LogP) is 4.00. The van der Waals surface area contributed by atoms with Crippen LogP contribution in [-0.2, 0) is 9.84 Å². The molecule has 0 saturated heterocycles. The number of halogens is 2. The van der Waals surface area contributed by atoms with Gasteiger partial charge in [-0.2, -0.15) is 0 Å². The summed E-state index contributed by atoms with van der Waals surface area (Å²) in [5.74, 6) is -1.03. The molecule has 160 valence electrons. The molecule has 1 heterocycles. The largest absolute Gasteiger partial charge is 0.320 e. The molecule has 0 unspecified atom stereocenters. The molecule has 0 fully saturated rings. The molecule has 0 radical (unpaired) electrons. The zero-order chi connectivity index (χ0) is 22.8. The first-order chi connectivity index (χ1) is 14.5. The van der Waals surface area contributed by atoms with Gasteiger partial charge in [0.1, 0.15) is 5.69 Å². The van der Waals surface area contributed by atoms with E-state index in [1.807, 2.05) is 0 Å². The van der Waals surface area contributed by atoms with Crippen molar-refractivity contribution in [2.45, 2.75) is 11.8 Å². The highest BCUT2D eigenvalue weighted by molar-refractivity contribution is 7.90. The van der Waals surface area contributed by atoms with Crippen molar-refractivity contribution in [3.05, 3.63) is 75.8 Å². The van der Waals surface area contributed by atoms with Crippen LogP contribution in [0.4, 0.5) is 11.4 Å². The maximum atomic E-state index is 12.5. The van der Waals surface area contributed by atoms with Gasteiger partial charge >= 0.3 is 0 Å². The smallest absolute Gasteiger partial charge is 0.275 e. The van der Waals surface area contributed by atoms with Crippen molar-refractivity contribution < 1.29 is 18.0 Å². The fourth-order valence-corrected chi connectivity index (χ4v) is 3.72. The molecule has 0 aliphatic rings. The Morgan fingerprint density at radius 2 is 1.52 bits per heavy atom. The van der Waals surface area contributed by atoms with E-state index in [0.717, 1.165) is 6.26 Å². The Kier molecular flexibility index (Phi) is 6.59. The quantitative estimate of drug-likeness (QED) is 0.571. The Bertz CT molecular complexity index is 1240. The lowest BCUT2D eigenvalue weighted by atomic mass is 10.2. The SMILES string of the molecule is Cc1cnc(C(=O)Nc2cc(Cl)c(NC(=O)c3ccc(S(C)(=O)=O)cc3)c(Cl)c2)cn1. The summed E-state index contributed by atoms with van der Waals surface area (Å²) in [6.07, 6.45) is 3.89. The van der Waals surface area contributed by atoms with E-state index in [2.05, 4.69) is 20.6 Å². The van der Waals surface area contributed by atoms with Crippen LogP contribution in [0.25, 0.3) is 0 Å². The van der Waals surface area contributed by atoms with Gasteiger partial charge in [0.05, 0.1) is 32.5 Å². The van der Waals surface area contributed by atoms with E-state index in [1.165, 1.54) is 48.8 Å². The maximum Gasteiger partial charge on any atom is 0.275 e. The van der Waals surface area contributed by atoms with E-state index in [1.54, 1.807) is 6.92 Å². The van der Waals surface area contributed by atoms with Crippen molar-refractivity contribution >= 4 is 56.2 Å². The number of nitrogens with zero attached hydrogens (tertiary/aromatic N) is 2. The van der Waals surface area contributed by atoms with Crippen molar-refractivity contribution in [2.24, 2.45) is 0 Å². The Labute approximate surface area is 188 Å². The number of benzene rings is 2. The topological polar surface area (TPSA) is 118 Å². The zero-order valence-corrected chi connectivity index (χ0v) is 18.6. The first-order valence-electron chi connectivity index (χ1n) is 8.75. The number of amides is 2. The average Bonchev–Trinajstić information content (AvgIpc) is 2.70. The summed E-state index contributed by atoms with van der Waals surface area (Å²) in [6, 6.07) is 8.28. The third-order valence-corrected chi connectivity index (χ3v) is 5.82. The van der Waals surface area contributed by atoms with E-state index in [-0.39, 0.29) is 31.9 Å². The molecular formula is C20H16Cl2N4O4S. The second-order valence-corrected chi connectivity index (χ2v) is 9.39. The minimum atomic E-state index is -3.37. The first-order valence-corrected chi connectivity index (χ1v) is 11.4. The third-order valence-electron chi connectivity index (χ3n) is 4.10. The lowest BCUT2D eigenvalue weighted by Gasteiger charge is -2.12. The summed E-state index contributed by atoms with van der Waals surface area (Å²) in [4.78, 5) is 32.9. The fourth-order valence-electron chi connectivity index (χ4n) is 2.51.